The Morgan fingerprint density at radius 2 is 1.82 bits per heavy atom. The van der Waals surface area contributed by atoms with Crippen LogP contribution in [0.4, 0.5) is 5.69 Å². The van der Waals surface area contributed by atoms with E-state index in [0.717, 1.165) is 24.2 Å². The Balaban J connectivity index is 1.55. The van der Waals surface area contributed by atoms with E-state index >= 15 is 0 Å². The van der Waals surface area contributed by atoms with Crippen LogP contribution in [0.5, 0.6) is 5.75 Å². The lowest BCUT2D eigenvalue weighted by molar-refractivity contribution is 0.0584. The average molecular weight is 371 g/mol. The second-order valence-electron chi connectivity index (χ2n) is 8.89. The molecule has 3 heteroatoms. The molecule has 1 spiro atoms. The summed E-state index contributed by atoms with van der Waals surface area (Å²) in [5, 5.41) is 1.26. The van der Waals surface area contributed by atoms with Crippen LogP contribution in [-0.2, 0) is 18.3 Å². The third kappa shape index (κ3) is 1.80. The quantitative estimate of drug-likeness (QED) is 0.496. The molecule has 3 heterocycles. The number of likely N-dealkylation sites (N-methyl/N-ethyl adjacent to an activating group) is 1. The number of benzene rings is 2. The van der Waals surface area contributed by atoms with Crippen LogP contribution in [-0.4, -0.2) is 12.8 Å². The number of para-hydroxylation sites is 1. The molecule has 0 saturated heterocycles. The molecule has 2 aliphatic heterocycles. The molecule has 3 aliphatic rings. The Labute approximate surface area is 165 Å². The highest BCUT2D eigenvalue weighted by Crippen LogP contribution is 2.55. The van der Waals surface area contributed by atoms with Crippen LogP contribution in [0.3, 0.4) is 0 Å². The zero-order valence-corrected chi connectivity index (χ0v) is 16.7. The molecule has 0 amide bonds. The smallest absolute Gasteiger partial charge is 0.211 e. The molecule has 3 nitrogen and oxygen atoms in total. The van der Waals surface area contributed by atoms with E-state index in [4.69, 9.17) is 9.15 Å². The van der Waals surface area contributed by atoms with Crippen molar-refractivity contribution >= 4 is 22.7 Å². The van der Waals surface area contributed by atoms with E-state index in [-0.39, 0.29) is 5.41 Å². The van der Waals surface area contributed by atoms with Crippen molar-refractivity contribution in [2.24, 2.45) is 0 Å². The van der Waals surface area contributed by atoms with E-state index in [1.54, 1.807) is 0 Å². The molecule has 142 valence electrons. The summed E-state index contributed by atoms with van der Waals surface area (Å²) >= 11 is 0. The van der Waals surface area contributed by atoms with Gasteiger partial charge in [-0.25, -0.2) is 0 Å². The first-order valence-electron chi connectivity index (χ1n) is 10.3. The molecule has 0 saturated carbocycles. The number of ether oxygens (including phenoxy) is 1. The lowest BCUT2D eigenvalue weighted by Gasteiger charge is -2.45. The molecular formula is C25H25NO2. The van der Waals surface area contributed by atoms with Gasteiger partial charge in [0.15, 0.2) is 0 Å². The summed E-state index contributed by atoms with van der Waals surface area (Å²) < 4.78 is 13.0. The van der Waals surface area contributed by atoms with Gasteiger partial charge in [0.1, 0.15) is 17.1 Å². The van der Waals surface area contributed by atoms with Crippen molar-refractivity contribution in [3.63, 3.8) is 0 Å². The predicted octanol–water partition coefficient (Wildman–Crippen LogP) is 5.84. The summed E-state index contributed by atoms with van der Waals surface area (Å²) in [4.78, 5) is 2.29. The third-order valence-corrected chi connectivity index (χ3v) is 7.19. The summed E-state index contributed by atoms with van der Waals surface area (Å²) in [6, 6.07) is 12.8. The number of rotatable bonds is 0. The first-order valence-corrected chi connectivity index (χ1v) is 10.3. The second-order valence-corrected chi connectivity index (χ2v) is 8.89. The van der Waals surface area contributed by atoms with Crippen molar-refractivity contribution in [1.82, 2.24) is 0 Å². The summed E-state index contributed by atoms with van der Waals surface area (Å²) in [6.07, 6.45) is 9.16. The van der Waals surface area contributed by atoms with Gasteiger partial charge >= 0.3 is 0 Å². The van der Waals surface area contributed by atoms with Gasteiger partial charge in [0.05, 0.1) is 5.41 Å². The van der Waals surface area contributed by atoms with Crippen LogP contribution >= 0.6 is 0 Å². The van der Waals surface area contributed by atoms with Crippen LogP contribution in [0, 0.1) is 0 Å². The van der Waals surface area contributed by atoms with E-state index in [1.165, 1.54) is 46.4 Å². The van der Waals surface area contributed by atoms with Crippen molar-refractivity contribution in [3.8, 4) is 5.75 Å². The first-order chi connectivity index (χ1) is 13.5. The number of furan rings is 1. The minimum atomic E-state index is -0.527. The molecule has 0 fully saturated rings. The number of anilines is 1. The molecule has 0 bridgehead atoms. The largest absolute Gasteiger partial charge is 0.463 e. The van der Waals surface area contributed by atoms with Gasteiger partial charge in [0.2, 0.25) is 5.72 Å². The molecule has 0 unspecified atom stereocenters. The van der Waals surface area contributed by atoms with E-state index in [2.05, 4.69) is 74.3 Å². The molecule has 3 aromatic rings. The molecular weight excluding hydrogens is 346 g/mol. The Bertz CT molecular complexity index is 1150. The molecule has 2 aromatic carbocycles. The standard InChI is InChI=1S/C25H25NO2/c1-24(2)18-9-5-6-10-19(18)26(3)25(24)15-14-17-21(28-25)12-13-22-23(17)16-8-4-7-11-20(16)27-22/h5-6,9-10,12-15H,4,7-8,11H2,1-3H3/t25-/m1/s1. The molecule has 1 aromatic heterocycles. The van der Waals surface area contributed by atoms with Gasteiger partial charge < -0.3 is 14.1 Å². The Hall–Kier alpha value is -2.68. The van der Waals surface area contributed by atoms with Crippen molar-refractivity contribution in [2.45, 2.75) is 50.7 Å². The van der Waals surface area contributed by atoms with Gasteiger partial charge in [-0.05, 0) is 69.0 Å². The fourth-order valence-electron chi connectivity index (χ4n) is 5.62. The van der Waals surface area contributed by atoms with E-state index < -0.39 is 5.72 Å². The summed E-state index contributed by atoms with van der Waals surface area (Å²) in [6.45, 7) is 4.56. The Kier molecular flexibility index (Phi) is 3.04. The van der Waals surface area contributed by atoms with Crippen molar-refractivity contribution < 1.29 is 9.15 Å². The summed E-state index contributed by atoms with van der Waals surface area (Å²) in [5.74, 6) is 2.13. The van der Waals surface area contributed by atoms with Crippen molar-refractivity contribution in [2.75, 3.05) is 11.9 Å². The second kappa shape index (κ2) is 5.22. The van der Waals surface area contributed by atoms with E-state index in [9.17, 15) is 0 Å². The lowest BCUT2D eigenvalue weighted by Crippen LogP contribution is -2.58. The summed E-state index contributed by atoms with van der Waals surface area (Å²) in [5.41, 5.74) is 5.44. The van der Waals surface area contributed by atoms with Gasteiger partial charge in [-0.1, -0.05) is 18.2 Å². The van der Waals surface area contributed by atoms with Crippen LogP contribution in [0.15, 0.2) is 46.9 Å². The Morgan fingerprint density at radius 3 is 2.68 bits per heavy atom. The normalized spacial score (nSPS) is 24.2. The SMILES string of the molecule is CN1c2ccccc2C(C)(C)[C@]12C=Cc1c(ccc3oc4c(c13)CCCC4)O2. The highest BCUT2D eigenvalue weighted by atomic mass is 16.5. The van der Waals surface area contributed by atoms with Crippen molar-refractivity contribution in [3.05, 3.63) is 64.9 Å². The van der Waals surface area contributed by atoms with Crippen LogP contribution in [0.2, 0.25) is 0 Å². The number of nitrogens with zero attached hydrogens (tertiary/aromatic N) is 1. The molecule has 6 rings (SSSR count). The maximum absolute atomic E-state index is 6.86. The van der Waals surface area contributed by atoms with Gasteiger partial charge in [-0.2, -0.15) is 0 Å². The van der Waals surface area contributed by atoms with Crippen LogP contribution in [0.1, 0.15) is 49.1 Å². The highest BCUT2D eigenvalue weighted by Gasteiger charge is 2.57. The number of aryl methyl sites for hydroxylation is 2. The van der Waals surface area contributed by atoms with Crippen LogP contribution in [0.25, 0.3) is 17.0 Å². The number of fused-ring (bicyclic) bond motifs is 6. The van der Waals surface area contributed by atoms with E-state index in [0.29, 0.717) is 0 Å². The van der Waals surface area contributed by atoms with Gasteiger partial charge in [-0.3, -0.25) is 0 Å². The minimum Gasteiger partial charge on any atom is -0.463 e. The molecule has 28 heavy (non-hydrogen) atoms. The fraction of sp³-hybridized carbons (Fsp3) is 0.360. The average Bonchev–Trinajstić information content (AvgIpc) is 3.17. The van der Waals surface area contributed by atoms with Gasteiger partial charge in [0, 0.05) is 35.7 Å². The topological polar surface area (TPSA) is 25.6 Å². The van der Waals surface area contributed by atoms with Crippen molar-refractivity contribution in [1.29, 1.82) is 0 Å². The highest BCUT2D eigenvalue weighted by molar-refractivity contribution is 5.94. The number of hydrogen-bond donors (Lipinski definition) is 0. The Morgan fingerprint density at radius 1 is 1.00 bits per heavy atom. The third-order valence-electron chi connectivity index (χ3n) is 7.19. The maximum atomic E-state index is 6.86. The lowest BCUT2D eigenvalue weighted by atomic mass is 9.76. The van der Waals surface area contributed by atoms with Gasteiger partial charge in [-0.15, -0.1) is 0 Å². The first kappa shape index (κ1) is 16.3. The zero-order valence-electron chi connectivity index (χ0n) is 16.7. The minimum absolute atomic E-state index is 0.169. The molecule has 1 atom stereocenters. The number of hydrogen-bond acceptors (Lipinski definition) is 3. The van der Waals surface area contributed by atoms with E-state index in [1.807, 2.05) is 0 Å². The monoisotopic (exact) mass is 371 g/mol. The molecule has 1 aliphatic carbocycles. The van der Waals surface area contributed by atoms with Crippen LogP contribution < -0.4 is 9.64 Å². The zero-order chi connectivity index (χ0) is 19.1. The molecule has 0 N–H and O–H groups in total. The molecule has 0 radical (unpaired) electrons. The maximum Gasteiger partial charge on any atom is 0.211 e. The summed E-state index contributed by atoms with van der Waals surface area (Å²) in [7, 11) is 2.14. The predicted molar refractivity (Wildman–Crippen MR) is 113 cm³/mol. The fourth-order valence-corrected chi connectivity index (χ4v) is 5.62. The van der Waals surface area contributed by atoms with Gasteiger partial charge in [0.25, 0.3) is 0 Å².